The number of nitrogens with zero attached hydrogens (tertiary/aromatic N) is 2. The summed E-state index contributed by atoms with van der Waals surface area (Å²) in [6, 6.07) is 77.7. The van der Waals surface area contributed by atoms with Crippen molar-refractivity contribution in [3.05, 3.63) is 218 Å². The summed E-state index contributed by atoms with van der Waals surface area (Å²) in [5.74, 6) is 0.682. The minimum absolute atomic E-state index is 0.682. The Balaban J connectivity index is 0.983. The summed E-state index contributed by atoms with van der Waals surface area (Å²) < 4.78 is 0. The van der Waals surface area contributed by atoms with E-state index in [4.69, 9.17) is 9.97 Å². The van der Waals surface area contributed by atoms with Crippen LogP contribution in [0.2, 0.25) is 0 Å². The second-order valence-corrected chi connectivity index (χ2v) is 16.8. The first-order chi connectivity index (χ1) is 33.5. The van der Waals surface area contributed by atoms with Crippen molar-refractivity contribution in [2.75, 3.05) is 49.5 Å². The van der Waals surface area contributed by atoms with E-state index in [0.717, 1.165) is 118 Å². The van der Waals surface area contributed by atoms with E-state index >= 15 is 0 Å². The van der Waals surface area contributed by atoms with Crippen LogP contribution in [0.3, 0.4) is 0 Å². The lowest BCUT2D eigenvalue weighted by atomic mass is 9.94. The quantitative estimate of drug-likeness (QED) is 0.0925. The average molecular weight is 881 g/mol. The minimum Gasteiger partial charge on any atom is -0.388 e. The summed E-state index contributed by atoms with van der Waals surface area (Å²) in [5.41, 5.74) is 22.7. The number of rotatable bonds is 13. The third-order valence-electron chi connectivity index (χ3n) is 12.6. The zero-order valence-corrected chi connectivity index (χ0v) is 38.7. The monoisotopic (exact) mass is 880 g/mol. The maximum Gasteiger partial charge on any atom is 0.160 e. The molecule has 0 saturated carbocycles. The SMILES string of the molecule is CNc1ccc(NC)c(-c2cccc(-c3cccc(-c4cccc(-c5cc(-c6cccc(-c7cccc(-c8cccc(-c9cc(NC)ccc9NC)c8)c7)c6)nc(-c6ccccc6)n5)c4)c3)c2)c1. The van der Waals surface area contributed by atoms with Crippen LogP contribution in [0.1, 0.15) is 0 Å². The van der Waals surface area contributed by atoms with Crippen LogP contribution in [0.15, 0.2) is 218 Å². The molecule has 9 aromatic carbocycles. The van der Waals surface area contributed by atoms with Crippen LogP contribution in [0.5, 0.6) is 0 Å². The van der Waals surface area contributed by atoms with Crippen molar-refractivity contribution < 1.29 is 0 Å². The lowest BCUT2D eigenvalue weighted by Crippen LogP contribution is -1.96. The number of aromatic nitrogens is 2. The second-order valence-electron chi connectivity index (χ2n) is 16.8. The topological polar surface area (TPSA) is 73.9 Å². The highest BCUT2D eigenvalue weighted by Crippen LogP contribution is 2.38. The predicted molar refractivity (Wildman–Crippen MR) is 289 cm³/mol. The van der Waals surface area contributed by atoms with E-state index in [1.807, 2.05) is 46.4 Å². The Bertz CT molecular complexity index is 3210. The van der Waals surface area contributed by atoms with Gasteiger partial charge in [0.15, 0.2) is 5.82 Å². The fraction of sp³-hybridized carbons (Fsp3) is 0.0645. The Morgan fingerprint density at radius 3 is 0.912 bits per heavy atom. The van der Waals surface area contributed by atoms with Gasteiger partial charge in [-0.25, -0.2) is 9.97 Å². The molecule has 0 aliphatic rings. The van der Waals surface area contributed by atoms with E-state index in [9.17, 15) is 0 Å². The van der Waals surface area contributed by atoms with Crippen molar-refractivity contribution in [1.29, 1.82) is 0 Å². The summed E-state index contributed by atoms with van der Waals surface area (Å²) >= 11 is 0. The van der Waals surface area contributed by atoms with Gasteiger partial charge in [0.1, 0.15) is 0 Å². The smallest absolute Gasteiger partial charge is 0.160 e. The third kappa shape index (κ3) is 9.08. The summed E-state index contributed by atoms with van der Waals surface area (Å²) in [5, 5.41) is 13.3. The number of anilines is 4. The molecule has 6 nitrogen and oxygen atoms in total. The summed E-state index contributed by atoms with van der Waals surface area (Å²) in [4.78, 5) is 10.4. The zero-order valence-electron chi connectivity index (χ0n) is 38.7. The number of hydrogen-bond donors (Lipinski definition) is 4. The molecule has 6 heteroatoms. The molecule has 1 heterocycles. The van der Waals surface area contributed by atoms with Crippen molar-refractivity contribution in [1.82, 2.24) is 9.97 Å². The van der Waals surface area contributed by atoms with Gasteiger partial charge in [0.05, 0.1) is 11.4 Å². The summed E-state index contributed by atoms with van der Waals surface area (Å²) in [6.07, 6.45) is 0. The Morgan fingerprint density at radius 2 is 0.559 bits per heavy atom. The highest BCUT2D eigenvalue weighted by Gasteiger charge is 2.15. The minimum atomic E-state index is 0.682. The Labute approximate surface area is 399 Å². The van der Waals surface area contributed by atoms with Crippen molar-refractivity contribution in [3.63, 3.8) is 0 Å². The molecule has 330 valence electrons. The molecule has 0 fully saturated rings. The molecule has 0 radical (unpaired) electrons. The number of hydrogen-bond acceptors (Lipinski definition) is 6. The van der Waals surface area contributed by atoms with Gasteiger partial charge in [-0.2, -0.15) is 0 Å². The predicted octanol–water partition coefficient (Wildman–Crippen LogP) is 15.6. The van der Waals surface area contributed by atoms with Crippen LogP contribution in [0.4, 0.5) is 22.7 Å². The van der Waals surface area contributed by atoms with Crippen molar-refractivity contribution >= 4 is 22.7 Å². The van der Waals surface area contributed by atoms with E-state index in [1.165, 1.54) is 0 Å². The van der Waals surface area contributed by atoms with Crippen molar-refractivity contribution in [3.8, 4) is 101 Å². The molecule has 10 rings (SSSR count). The normalized spacial score (nSPS) is 10.9. The van der Waals surface area contributed by atoms with Crippen LogP contribution in [0.25, 0.3) is 101 Å². The standard InChI is InChI=1S/C62H52N6/c1-63-54-28-30-58(65-3)56(38-54)50-24-10-20-46(34-50)42-16-8-18-44(32-42)48-22-12-26-52(36-48)60-40-61(68-62(67-60)41-14-6-5-7-15-41)53-27-13-23-49(37-53)45-19-9-17-43(33-45)47-21-11-25-51(35-47)57-39-55(64-2)29-31-59(57)66-4/h5-40,63-66H,1-4H3. The molecule has 0 bridgehead atoms. The first kappa shape index (κ1) is 43.2. The third-order valence-corrected chi connectivity index (χ3v) is 12.6. The lowest BCUT2D eigenvalue weighted by Gasteiger charge is -2.14. The molecule has 4 N–H and O–H groups in total. The van der Waals surface area contributed by atoms with Crippen molar-refractivity contribution in [2.24, 2.45) is 0 Å². The molecule has 0 saturated heterocycles. The summed E-state index contributed by atoms with van der Waals surface area (Å²) in [7, 11) is 7.84. The first-order valence-electron chi connectivity index (χ1n) is 23.0. The highest BCUT2D eigenvalue weighted by molar-refractivity contribution is 5.87. The average Bonchev–Trinajstić information content (AvgIpc) is 3.43. The van der Waals surface area contributed by atoms with Gasteiger partial charge in [-0.3, -0.25) is 0 Å². The van der Waals surface area contributed by atoms with Gasteiger partial charge in [-0.05, 0) is 134 Å². The first-order valence-corrected chi connectivity index (χ1v) is 23.0. The summed E-state index contributed by atoms with van der Waals surface area (Å²) in [6.45, 7) is 0. The molecule has 0 aliphatic carbocycles. The van der Waals surface area contributed by atoms with Gasteiger partial charge < -0.3 is 21.3 Å². The van der Waals surface area contributed by atoms with Crippen LogP contribution in [-0.2, 0) is 0 Å². The van der Waals surface area contributed by atoms with Crippen LogP contribution < -0.4 is 21.3 Å². The Hall–Kier alpha value is -8.74. The fourth-order valence-electron chi connectivity index (χ4n) is 8.98. The molecule has 68 heavy (non-hydrogen) atoms. The molecule has 0 atom stereocenters. The van der Waals surface area contributed by atoms with Gasteiger partial charge in [0.2, 0.25) is 0 Å². The van der Waals surface area contributed by atoms with E-state index in [1.54, 1.807) is 0 Å². The molecule has 0 spiro atoms. The number of nitrogens with one attached hydrogen (secondary N) is 4. The van der Waals surface area contributed by atoms with E-state index < -0.39 is 0 Å². The molecular formula is C62H52N6. The van der Waals surface area contributed by atoms with E-state index in [-0.39, 0.29) is 0 Å². The molecule has 10 aromatic rings. The van der Waals surface area contributed by atoms with Gasteiger partial charge >= 0.3 is 0 Å². The lowest BCUT2D eigenvalue weighted by molar-refractivity contribution is 1.18. The van der Waals surface area contributed by atoms with Gasteiger partial charge in [0, 0.05) is 78.8 Å². The van der Waals surface area contributed by atoms with Gasteiger partial charge in [-0.15, -0.1) is 0 Å². The fourth-order valence-corrected chi connectivity index (χ4v) is 8.98. The Kier molecular flexibility index (Phi) is 12.3. The highest BCUT2D eigenvalue weighted by atomic mass is 14.9. The Morgan fingerprint density at radius 1 is 0.250 bits per heavy atom. The van der Waals surface area contributed by atoms with Crippen LogP contribution >= 0.6 is 0 Å². The van der Waals surface area contributed by atoms with Gasteiger partial charge in [-0.1, -0.05) is 140 Å². The number of benzene rings is 9. The van der Waals surface area contributed by atoms with Crippen LogP contribution in [0, 0.1) is 0 Å². The molecule has 1 aromatic heterocycles. The molecule has 0 amide bonds. The van der Waals surface area contributed by atoms with Gasteiger partial charge in [0.25, 0.3) is 0 Å². The van der Waals surface area contributed by atoms with E-state index in [0.29, 0.717) is 5.82 Å². The second kappa shape index (κ2) is 19.4. The zero-order chi connectivity index (χ0) is 46.4. The molecular weight excluding hydrogens is 829 g/mol. The van der Waals surface area contributed by atoms with Crippen LogP contribution in [-0.4, -0.2) is 38.2 Å². The van der Waals surface area contributed by atoms with Crippen molar-refractivity contribution in [2.45, 2.75) is 0 Å². The maximum absolute atomic E-state index is 5.21. The van der Waals surface area contributed by atoms with E-state index in [2.05, 4.69) is 221 Å². The molecule has 0 aliphatic heterocycles. The maximum atomic E-state index is 5.21. The largest absolute Gasteiger partial charge is 0.388 e. The molecule has 0 unspecified atom stereocenters.